The Morgan fingerprint density at radius 3 is 2.62 bits per heavy atom. The van der Waals surface area contributed by atoms with Gasteiger partial charge in [0.25, 0.3) is 5.91 Å². The number of benzene rings is 1. The summed E-state index contributed by atoms with van der Waals surface area (Å²) in [7, 11) is -1.49. The lowest BCUT2D eigenvalue weighted by atomic mass is 10.2. The monoisotopic (exact) mass is 395 g/mol. The fourth-order valence-corrected chi connectivity index (χ4v) is 4.61. The molecule has 1 saturated heterocycles. The summed E-state index contributed by atoms with van der Waals surface area (Å²) < 4.78 is 28.0. The van der Waals surface area contributed by atoms with E-state index in [0.717, 1.165) is 5.69 Å². The molecule has 26 heavy (non-hydrogen) atoms. The van der Waals surface area contributed by atoms with Gasteiger partial charge in [-0.25, -0.2) is 13.4 Å². The molecule has 1 atom stereocenters. The van der Waals surface area contributed by atoms with Gasteiger partial charge in [-0.2, -0.15) is 0 Å². The van der Waals surface area contributed by atoms with E-state index in [2.05, 4.69) is 15.6 Å². The first kappa shape index (κ1) is 18.5. The number of carbonyl (C=O) groups is 1. The zero-order valence-electron chi connectivity index (χ0n) is 14.0. The SMILES string of the molecule is COc1ccc(Nc2ccc(C(=O)NC3CCS(=O)(=O)C3)nc2)cc1Cl. The number of rotatable bonds is 5. The van der Waals surface area contributed by atoms with Crippen molar-refractivity contribution in [2.75, 3.05) is 23.9 Å². The van der Waals surface area contributed by atoms with Gasteiger partial charge in [0.15, 0.2) is 9.84 Å². The summed E-state index contributed by atoms with van der Waals surface area (Å²) in [6.07, 6.45) is 1.96. The molecule has 0 radical (unpaired) electrons. The molecule has 1 aromatic carbocycles. The molecule has 0 bridgehead atoms. The Kier molecular flexibility index (Phi) is 5.33. The van der Waals surface area contributed by atoms with Crippen LogP contribution in [0.2, 0.25) is 5.02 Å². The number of nitrogens with one attached hydrogen (secondary N) is 2. The first-order valence-corrected chi connectivity index (χ1v) is 10.1. The highest BCUT2D eigenvalue weighted by atomic mass is 35.5. The summed E-state index contributed by atoms with van der Waals surface area (Å²) in [5.74, 6) is 0.289. The van der Waals surface area contributed by atoms with Crippen molar-refractivity contribution < 1.29 is 17.9 Å². The number of carbonyl (C=O) groups excluding carboxylic acids is 1. The fraction of sp³-hybridized carbons (Fsp3) is 0.294. The number of pyridine rings is 1. The summed E-state index contributed by atoms with van der Waals surface area (Å²) in [6, 6.07) is 8.22. The minimum absolute atomic E-state index is 0.0173. The third-order valence-corrected chi connectivity index (χ3v) is 6.07. The fourth-order valence-electron chi connectivity index (χ4n) is 2.68. The first-order chi connectivity index (χ1) is 12.4. The second-order valence-electron chi connectivity index (χ2n) is 5.98. The van der Waals surface area contributed by atoms with Crippen LogP contribution in [0.1, 0.15) is 16.9 Å². The van der Waals surface area contributed by atoms with Crippen LogP contribution in [0, 0.1) is 0 Å². The Bertz CT molecular complexity index is 916. The molecule has 0 spiro atoms. The van der Waals surface area contributed by atoms with Gasteiger partial charge < -0.3 is 15.4 Å². The van der Waals surface area contributed by atoms with E-state index >= 15 is 0 Å². The molecule has 1 unspecified atom stereocenters. The highest BCUT2D eigenvalue weighted by molar-refractivity contribution is 7.91. The molecule has 3 rings (SSSR count). The molecule has 2 aromatic rings. The molecule has 2 heterocycles. The largest absolute Gasteiger partial charge is 0.495 e. The van der Waals surface area contributed by atoms with Gasteiger partial charge in [-0.3, -0.25) is 4.79 Å². The third-order valence-electron chi connectivity index (χ3n) is 4.00. The lowest BCUT2D eigenvalue weighted by Gasteiger charge is -2.11. The highest BCUT2D eigenvalue weighted by Gasteiger charge is 2.29. The van der Waals surface area contributed by atoms with E-state index in [1.807, 2.05) is 6.07 Å². The zero-order chi connectivity index (χ0) is 18.7. The molecule has 1 aromatic heterocycles. The van der Waals surface area contributed by atoms with Gasteiger partial charge >= 0.3 is 0 Å². The summed E-state index contributed by atoms with van der Waals surface area (Å²) in [5.41, 5.74) is 1.67. The number of hydrogen-bond acceptors (Lipinski definition) is 6. The Balaban J connectivity index is 1.63. The lowest BCUT2D eigenvalue weighted by Crippen LogP contribution is -2.36. The van der Waals surface area contributed by atoms with Crippen LogP contribution in [0.3, 0.4) is 0 Å². The van der Waals surface area contributed by atoms with Crippen LogP contribution in [-0.4, -0.2) is 44.0 Å². The molecular weight excluding hydrogens is 378 g/mol. The smallest absolute Gasteiger partial charge is 0.270 e. The molecule has 138 valence electrons. The molecule has 7 nitrogen and oxygen atoms in total. The Labute approximate surface area is 156 Å². The van der Waals surface area contributed by atoms with E-state index in [1.165, 1.54) is 6.20 Å². The molecule has 0 aliphatic carbocycles. The minimum atomic E-state index is -3.04. The average Bonchev–Trinajstić information content (AvgIpc) is 2.94. The number of halogens is 1. The maximum absolute atomic E-state index is 12.2. The van der Waals surface area contributed by atoms with Crippen molar-refractivity contribution in [3.05, 3.63) is 47.2 Å². The van der Waals surface area contributed by atoms with Crippen molar-refractivity contribution in [2.45, 2.75) is 12.5 Å². The van der Waals surface area contributed by atoms with Gasteiger partial charge in [0.1, 0.15) is 11.4 Å². The van der Waals surface area contributed by atoms with Gasteiger partial charge in [-0.15, -0.1) is 0 Å². The Morgan fingerprint density at radius 1 is 1.27 bits per heavy atom. The van der Waals surface area contributed by atoms with Crippen molar-refractivity contribution >= 4 is 38.7 Å². The quantitative estimate of drug-likeness (QED) is 0.806. The van der Waals surface area contributed by atoms with E-state index in [4.69, 9.17) is 16.3 Å². The van der Waals surface area contributed by atoms with Gasteiger partial charge in [0.2, 0.25) is 0 Å². The highest BCUT2D eigenvalue weighted by Crippen LogP contribution is 2.28. The van der Waals surface area contributed by atoms with Crippen LogP contribution in [0.25, 0.3) is 0 Å². The van der Waals surface area contributed by atoms with Crippen molar-refractivity contribution in [2.24, 2.45) is 0 Å². The summed E-state index contributed by atoms with van der Waals surface area (Å²) in [5, 5.41) is 6.32. The first-order valence-electron chi connectivity index (χ1n) is 7.94. The molecule has 1 fully saturated rings. The molecule has 1 amide bonds. The molecule has 9 heteroatoms. The molecule has 1 aliphatic heterocycles. The number of aromatic nitrogens is 1. The number of sulfone groups is 1. The van der Waals surface area contributed by atoms with E-state index in [9.17, 15) is 13.2 Å². The minimum Gasteiger partial charge on any atom is -0.495 e. The number of amides is 1. The van der Waals surface area contributed by atoms with Crippen LogP contribution in [0.15, 0.2) is 36.5 Å². The molecule has 2 N–H and O–H groups in total. The number of ether oxygens (including phenoxy) is 1. The van der Waals surface area contributed by atoms with Crippen LogP contribution in [-0.2, 0) is 9.84 Å². The van der Waals surface area contributed by atoms with Crippen molar-refractivity contribution in [1.82, 2.24) is 10.3 Å². The van der Waals surface area contributed by atoms with Crippen molar-refractivity contribution in [3.8, 4) is 5.75 Å². The van der Waals surface area contributed by atoms with Gasteiger partial charge in [0, 0.05) is 11.7 Å². The number of methoxy groups -OCH3 is 1. The van der Waals surface area contributed by atoms with E-state index in [0.29, 0.717) is 22.9 Å². The number of nitrogens with zero attached hydrogens (tertiary/aromatic N) is 1. The average molecular weight is 396 g/mol. The Morgan fingerprint density at radius 2 is 2.04 bits per heavy atom. The van der Waals surface area contributed by atoms with E-state index in [-0.39, 0.29) is 29.1 Å². The van der Waals surface area contributed by atoms with Crippen molar-refractivity contribution in [3.63, 3.8) is 0 Å². The second kappa shape index (κ2) is 7.51. The van der Waals surface area contributed by atoms with Crippen molar-refractivity contribution in [1.29, 1.82) is 0 Å². The molecule has 0 saturated carbocycles. The summed E-state index contributed by atoms with van der Waals surface area (Å²) in [4.78, 5) is 16.3. The summed E-state index contributed by atoms with van der Waals surface area (Å²) in [6.45, 7) is 0. The van der Waals surface area contributed by atoms with Crippen LogP contribution >= 0.6 is 11.6 Å². The molecular formula is C17H18ClN3O4S. The van der Waals surface area contributed by atoms with E-state index < -0.39 is 9.84 Å². The third kappa shape index (κ3) is 4.44. The van der Waals surface area contributed by atoms with Crippen LogP contribution in [0.5, 0.6) is 5.75 Å². The second-order valence-corrected chi connectivity index (χ2v) is 8.62. The maximum atomic E-state index is 12.2. The van der Waals surface area contributed by atoms with E-state index in [1.54, 1.807) is 31.4 Å². The predicted molar refractivity (Wildman–Crippen MR) is 100 cm³/mol. The lowest BCUT2D eigenvalue weighted by molar-refractivity contribution is 0.0936. The standard InChI is InChI=1S/C17H18ClN3O4S/c1-25-16-5-3-11(8-14(16)18)20-12-2-4-15(19-9-12)17(22)21-13-6-7-26(23,24)10-13/h2-5,8-9,13,20H,6-7,10H2,1H3,(H,21,22). The number of anilines is 2. The number of hydrogen-bond donors (Lipinski definition) is 2. The van der Waals surface area contributed by atoms with Gasteiger partial charge in [-0.05, 0) is 36.8 Å². The zero-order valence-corrected chi connectivity index (χ0v) is 15.6. The van der Waals surface area contributed by atoms with Crippen LogP contribution < -0.4 is 15.4 Å². The topological polar surface area (TPSA) is 97.4 Å². The van der Waals surface area contributed by atoms with Crippen LogP contribution in [0.4, 0.5) is 11.4 Å². The molecule has 1 aliphatic rings. The van der Waals surface area contributed by atoms with Gasteiger partial charge in [0.05, 0.1) is 35.5 Å². The normalized spacial score (nSPS) is 18.3. The Hall–Kier alpha value is -2.32. The van der Waals surface area contributed by atoms with Gasteiger partial charge in [-0.1, -0.05) is 11.6 Å². The predicted octanol–water partition coefficient (Wildman–Crippen LogP) is 2.40. The summed E-state index contributed by atoms with van der Waals surface area (Å²) >= 11 is 6.09. The maximum Gasteiger partial charge on any atom is 0.270 e.